The summed E-state index contributed by atoms with van der Waals surface area (Å²) in [6.45, 7) is 10.2. The van der Waals surface area contributed by atoms with Gasteiger partial charge in [-0.15, -0.1) is 0 Å². The lowest BCUT2D eigenvalue weighted by Crippen LogP contribution is -2.32. The van der Waals surface area contributed by atoms with E-state index in [0.717, 1.165) is 47.7 Å². The van der Waals surface area contributed by atoms with E-state index in [0.29, 0.717) is 38.1 Å². The highest BCUT2D eigenvalue weighted by molar-refractivity contribution is 7.91. The monoisotopic (exact) mass is 564 g/mol. The number of aromatic nitrogens is 3. The van der Waals surface area contributed by atoms with Crippen LogP contribution in [-0.4, -0.2) is 47.8 Å². The first-order valence-electron chi connectivity index (χ1n) is 13.9. The van der Waals surface area contributed by atoms with Crippen LogP contribution < -0.4 is 21.1 Å². The number of anilines is 2. The highest BCUT2D eigenvalue weighted by atomic mass is 32.2. The third kappa shape index (κ3) is 6.23. The van der Waals surface area contributed by atoms with Crippen molar-refractivity contribution in [1.29, 1.82) is 0 Å². The van der Waals surface area contributed by atoms with Crippen molar-refractivity contribution in [3.8, 4) is 16.9 Å². The van der Waals surface area contributed by atoms with Crippen molar-refractivity contribution in [3.63, 3.8) is 0 Å². The van der Waals surface area contributed by atoms with Crippen LogP contribution in [0.1, 0.15) is 63.8 Å². The van der Waals surface area contributed by atoms with Crippen molar-refractivity contribution in [2.75, 3.05) is 29.5 Å². The normalized spacial score (nSPS) is 17.0. The molecule has 2 aliphatic rings. The van der Waals surface area contributed by atoms with E-state index in [1.54, 1.807) is 18.6 Å². The Kier molecular flexibility index (Phi) is 7.52. The molecule has 40 heavy (non-hydrogen) atoms. The fraction of sp³-hybridized carbons (Fsp3) is 0.500. The molecule has 0 bridgehead atoms. The molecule has 3 heterocycles. The lowest BCUT2D eigenvalue weighted by molar-refractivity contribution is 0.310. The molecule has 0 unspecified atom stereocenters. The molecule has 9 nitrogen and oxygen atoms in total. The van der Waals surface area contributed by atoms with Gasteiger partial charge >= 0.3 is 0 Å². The third-order valence-corrected chi connectivity index (χ3v) is 9.65. The highest BCUT2D eigenvalue weighted by Crippen LogP contribution is 2.39. The molecule has 1 aliphatic carbocycles. The number of hydrogen-bond acceptors (Lipinski definition) is 9. The minimum atomic E-state index is -3.62. The first kappa shape index (κ1) is 28.3. The first-order chi connectivity index (χ1) is 18.8. The van der Waals surface area contributed by atoms with E-state index >= 15 is 0 Å². The van der Waals surface area contributed by atoms with Crippen LogP contribution >= 0.6 is 0 Å². The summed E-state index contributed by atoms with van der Waals surface area (Å²) >= 11 is 0. The lowest BCUT2D eigenvalue weighted by Gasteiger charge is -2.33. The molecule has 0 spiro atoms. The van der Waals surface area contributed by atoms with Crippen LogP contribution in [0.3, 0.4) is 0 Å². The average molecular weight is 565 g/mol. The molecule has 0 fully saturated rings. The van der Waals surface area contributed by atoms with Gasteiger partial charge in [0.05, 0.1) is 12.3 Å². The standard InChI is InChI=1S/C30H40N6O3S/c1-29(2)10-8-24-23(16-29)28(35-19-34-24)36-11-12-39-25-7-6-20(14-22(25)18-36)21-15-26(27(31)33-17-21)40(37,38)13-5-9-30(3,4)32/h6-7,14-15,17,19H,5,8-13,16,18,32H2,1-4H3,(H2,31,33). The van der Waals surface area contributed by atoms with Crippen molar-refractivity contribution in [2.45, 2.75) is 76.8 Å². The Morgan fingerprint density at radius 3 is 2.70 bits per heavy atom. The minimum Gasteiger partial charge on any atom is -0.491 e. The highest BCUT2D eigenvalue weighted by Gasteiger charge is 2.31. The predicted molar refractivity (Wildman–Crippen MR) is 158 cm³/mol. The van der Waals surface area contributed by atoms with Gasteiger partial charge in [0, 0.05) is 40.7 Å². The number of aryl methyl sites for hydroxylation is 1. The zero-order valence-electron chi connectivity index (χ0n) is 23.9. The smallest absolute Gasteiger partial charge is 0.182 e. The molecule has 10 heteroatoms. The Labute approximate surface area is 237 Å². The molecule has 0 amide bonds. The van der Waals surface area contributed by atoms with Crippen molar-refractivity contribution < 1.29 is 13.2 Å². The molecule has 1 aromatic carbocycles. The van der Waals surface area contributed by atoms with Crippen molar-refractivity contribution in [2.24, 2.45) is 11.1 Å². The van der Waals surface area contributed by atoms with Crippen LogP contribution in [0.4, 0.5) is 11.6 Å². The molecular formula is C30H40N6O3S. The second kappa shape index (κ2) is 10.6. The van der Waals surface area contributed by atoms with E-state index in [2.05, 4.69) is 28.7 Å². The molecule has 0 saturated heterocycles. The van der Waals surface area contributed by atoms with Crippen LogP contribution in [-0.2, 0) is 29.2 Å². The van der Waals surface area contributed by atoms with Gasteiger partial charge in [-0.2, -0.15) is 0 Å². The number of nitrogens with two attached hydrogens (primary N) is 2. The first-order valence-corrected chi connectivity index (χ1v) is 15.6. The Balaban J connectivity index is 1.43. The number of sulfone groups is 1. The summed E-state index contributed by atoms with van der Waals surface area (Å²) in [5, 5.41) is 0. The Hall–Kier alpha value is -3.24. The second-order valence-corrected chi connectivity index (χ2v) is 14.7. The molecule has 0 radical (unpaired) electrons. The lowest BCUT2D eigenvalue weighted by atomic mass is 9.76. The Bertz CT molecular complexity index is 1510. The Morgan fingerprint density at radius 1 is 1.12 bits per heavy atom. The summed E-state index contributed by atoms with van der Waals surface area (Å²) in [6, 6.07) is 7.56. The largest absolute Gasteiger partial charge is 0.491 e. The number of pyridine rings is 1. The summed E-state index contributed by atoms with van der Waals surface area (Å²) in [6.07, 6.45) is 7.36. The summed E-state index contributed by atoms with van der Waals surface area (Å²) in [5.74, 6) is 1.77. The fourth-order valence-corrected chi connectivity index (χ4v) is 7.00. The summed E-state index contributed by atoms with van der Waals surface area (Å²) in [5.41, 5.74) is 16.8. The van der Waals surface area contributed by atoms with Gasteiger partial charge in [-0.25, -0.2) is 23.4 Å². The van der Waals surface area contributed by atoms with Gasteiger partial charge < -0.3 is 21.1 Å². The van der Waals surface area contributed by atoms with Crippen molar-refractivity contribution in [3.05, 3.63) is 53.6 Å². The molecule has 214 valence electrons. The molecule has 0 atom stereocenters. The van der Waals surface area contributed by atoms with Gasteiger partial charge in [0.15, 0.2) is 9.84 Å². The van der Waals surface area contributed by atoms with Gasteiger partial charge in [0.1, 0.15) is 35.2 Å². The number of fused-ring (bicyclic) bond motifs is 2. The van der Waals surface area contributed by atoms with Gasteiger partial charge in [-0.3, -0.25) is 0 Å². The number of rotatable bonds is 7. The molecule has 1 aliphatic heterocycles. The molecule has 3 aromatic rings. The minimum absolute atomic E-state index is 0.0106. The number of ether oxygens (including phenoxy) is 1. The van der Waals surface area contributed by atoms with Crippen LogP contribution in [0, 0.1) is 5.41 Å². The van der Waals surface area contributed by atoms with Crippen molar-refractivity contribution in [1.82, 2.24) is 15.0 Å². The summed E-state index contributed by atoms with van der Waals surface area (Å²) < 4.78 is 32.4. The van der Waals surface area contributed by atoms with Gasteiger partial charge in [0.25, 0.3) is 0 Å². The van der Waals surface area contributed by atoms with Gasteiger partial charge in [-0.05, 0) is 75.1 Å². The summed E-state index contributed by atoms with van der Waals surface area (Å²) in [7, 11) is -3.62. The number of nitrogen functional groups attached to an aromatic ring is 1. The van der Waals surface area contributed by atoms with Gasteiger partial charge in [0.2, 0.25) is 0 Å². The van der Waals surface area contributed by atoms with Crippen LogP contribution in [0.15, 0.2) is 41.7 Å². The Morgan fingerprint density at radius 2 is 1.93 bits per heavy atom. The van der Waals surface area contributed by atoms with E-state index in [1.807, 2.05) is 32.0 Å². The maximum Gasteiger partial charge on any atom is 0.182 e. The summed E-state index contributed by atoms with van der Waals surface area (Å²) in [4.78, 5) is 15.9. The number of hydrogen-bond donors (Lipinski definition) is 2. The zero-order chi connectivity index (χ0) is 28.7. The maximum absolute atomic E-state index is 13.2. The topological polar surface area (TPSA) is 137 Å². The third-order valence-electron chi connectivity index (χ3n) is 7.83. The van der Waals surface area contributed by atoms with Gasteiger partial charge in [-0.1, -0.05) is 19.9 Å². The molecule has 0 saturated carbocycles. The molecule has 2 aromatic heterocycles. The van der Waals surface area contributed by atoms with E-state index in [9.17, 15) is 8.42 Å². The fourth-order valence-electron chi connectivity index (χ4n) is 5.58. The number of benzene rings is 1. The van der Waals surface area contributed by atoms with Crippen LogP contribution in [0.2, 0.25) is 0 Å². The van der Waals surface area contributed by atoms with E-state index in [1.165, 1.54) is 5.56 Å². The maximum atomic E-state index is 13.2. The van der Waals surface area contributed by atoms with Crippen LogP contribution in [0.5, 0.6) is 5.75 Å². The second-order valence-electron chi connectivity index (χ2n) is 12.6. The van der Waals surface area contributed by atoms with E-state index in [4.69, 9.17) is 21.2 Å². The average Bonchev–Trinajstić information content (AvgIpc) is 3.09. The predicted octanol–water partition coefficient (Wildman–Crippen LogP) is 4.33. The van der Waals surface area contributed by atoms with Crippen LogP contribution in [0.25, 0.3) is 11.1 Å². The van der Waals surface area contributed by atoms with Crippen molar-refractivity contribution >= 4 is 21.5 Å². The SMILES string of the molecule is CC(C)(N)CCCS(=O)(=O)c1cc(-c2ccc3c(c2)CN(c2ncnc4c2CC(C)(C)CC4)CCO3)cnc1N. The molecule has 5 rings (SSSR count). The van der Waals surface area contributed by atoms with E-state index in [-0.39, 0.29) is 21.9 Å². The van der Waals surface area contributed by atoms with E-state index < -0.39 is 15.4 Å². The molecule has 4 N–H and O–H groups in total. The zero-order valence-corrected chi connectivity index (χ0v) is 24.7. The quantitative estimate of drug-likeness (QED) is 0.429. The number of nitrogens with zero attached hydrogens (tertiary/aromatic N) is 4. The molecular weight excluding hydrogens is 524 g/mol.